The fraction of sp³-hybridized carbons (Fsp3) is 0.500. The molecule has 1 atom stereocenters. The predicted octanol–water partition coefficient (Wildman–Crippen LogP) is 2.99. The van der Waals surface area contributed by atoms with Crippen molar-refractivity contribution in [3.63, 3.8) is 0 Å². The van der Waals surface area contributed by atoms with Crippen molar-refractivity contribution >= 4 is 17.3 Å². The second kappa shape index (κ2) is 5.29. The van der Waals surface area contributed by atoms with E-state index in [1.54, 1.807) is 6.07 Å². The van der Waals surface area contributed by atoms with E-state index in [9.17, 15) is 9.90 Å². The van der Waals surface area contributed by atoms with Gasteiger partial charge in [0.1, 0.15) is 5.75 Å². The van der Waals surface area contributed by atoms with Crippen LogP contribution in [0.4, 0.5) is 11.4 Å². The summed E-state index contributed by atoms with van der Waals surface area (Å²) in [5, 5.41) is 12.0. The van der Waals surface area contributed by atoms with Crippen LogP contribution in [-0.4, -0.2) is 11.0 Å². The number of nitrogen functional groups attached to an aromatic ring is 1. The van der Waals surface area contributed by atoms with E-state index in [0.717, 1.165) is 0 Å². The number of hydrogen-bond donors (Lipinski definition) is 3. The van der Waals surface area contributed by atoms with E-state index in [-0.39, 0.29) is 23.0 Å². The molecule has 1 unspecified atom stereocenters. The number of nitrogens with one attached hydrogen (secondary N) is 1. The first-order valence-corrected chi connectivity index (χ1v) is 6.08. The third-order valence-corrected chi connectivity index (χ3v) is 3.28. The van der Waals surface area contributed by atoms with Crippen LogP contribution in [0.2, 0.25) is 0 Å². The number of carbonyl (C=O) groups is 1. The number of aromatic hydroxyl groups is 1. The van der Waals surface area contributed by atoms with E-state index in [2.05, 4.69) is 33.0 Å². The predicted molar refractivity (Wildman–Crippen MR) is 74.4 cm³/mol. The lowest BCUT2D eigenvalue weighted by Crippen LogP contribution is -2.24. The van der Waals surface area contributed by atoms with Crippen LogP contribution in [0.3, 0.4) is 0 Å². The number of nitrogens with two attached hydrogens (primary N) is 1. The summed E-state index contributed by atoms with van der Waals surface area (Å²) in [7, 11) is 0. The monoisotopic (exact) mass is 250 g/mol. The fourth-order valence-electron chi connectivity index (χ4n) is 1.45. The van der Waals surface area contributed by atoms with Crippen LogP contribution in [0.1, 0.15) is 34.1 Å². The molecule has 0 aliphatic heterocycles. The van der Waals surface area contributed by atoms with Crippen LogP contribution in [0, 0.1) is 11.3 Å². The molecule has 0 heterocycles. The summed E-state index contributed by atoms with van der Waals surface area (Å²) in [4.78, 5) is 11.9. The quantitative estimate of drug-likeness (QED) is 0.570. The highest BCUT2D eigenvalue weighted by Gasteiger charge is 2.22. The van der Waals surface area contributed by atoms with Crippen molar-refractivity contribution in [2.24, 2.45) is 11.3 Å². The normalized spacial score (nSPS) is 13.1. The SMILES string of the molecule is CC(CC(=O)Nc1ccc(O)cc1N)C(C)(C)C. The van der Waals surface area contributed by atoms with Crippen LogP contribution in [0.5, 0.6) is 5.75 Å². The van der Waals surface area contributed by atoms with Gasteiger partial charge in [-0.2, -0.15) is 0 Å². The van der Waals surface area contributed by atoms with Crippen molar-refractivity contribution < 1.29 is 9.90 Å². The Bertz CT molecular complexity index is 436. The molecule has 0 aliphatic carbocycles. The molecule has 1 amide bonds. The van der Waals surface area contributed by atoms with E-state index in [1.807, 2.05) is 0 Å². The highest BCUT2D eigenvalue weighted by molar-refractivity contribution is 5.94. The third-order valence-electron chi connectivity index (χ3n) is 3.28. The Labute approximate surface area is 108 Å². The van der Waals surface area contributed by atoms with Crippen molar-refractivity contribution in [3.8, 4) is 5.75 Å². The minimum atomic E-state index is -0.0604. The molecule has 0 radical (unpaired) electrons. The highest BCUT2D eigenvalue weighted by Crippen LogP contribution is 2.29. The van der Waals surface area contributed by atoms with E-state index in [1.165, 1.54) is 12.1 Å². The van der Waals surface area contributed by atoms with Gasteiger partial charge < -0.3 is 16.2 Å². The molecular weight excluding hydrogens is 228 g/mol. The first-order valence-electron chi connectivity index (χ1n) is 6.08. The molecule has 1 rings (SSSR count). The Kier molecular flexibility index (Phi) is 4.22. The number of anilines is 2. The largest absolute Gasteiger partial charge is 0.508 e. The van der Waals surface area contributed by atoms with Gasteiger partial charge in [-0.15, -0.1) is 0 Å². The summed E-state index contributed by atoms with van der Waals surface area (Å²) in [5.41, 5.74) is 6.71. The van der Waals surface area contributed by atoms with E-state index < -0.39 is 0 Å². The molecule has 0 aromatic heterocycles. The van der Waals surface area contributed by atoms with E-state index in [0.29, 0.717) is 17.8 Å². The molecule has 0 saturated heterocycles. The Morgan fingerprint density at radius 2 is 2.06 bits per heavy atom. The van der Waals surface area contributed by atoms with Crippen LogP contribution in [-0.2, 0) is 4.79 Å². The standard InChI is InChI=1S/C14H22N2O2/c1-9(14(2,3)4)7-13(18)16-12-6-5-10(17)8-11(12)15/h5-6,8-9,17H,7,15H2,1-4H3,(H,16,18). The number of hydrogen-bond acceptors (Lipinski definition) is 3. The Morgan fingerprint density at radius 3 is 2.56 bits per heavy atom. The smallest absolute Gasteiger partial charge is 0.224 e. The molecule has 0 aliphatic rings. The van der Waals surface area contributed by atoms with Gasteiger partial charge in [0.05, 0.1) is 11.4 Å². The van der Waals surface area contributed by atoms with Crippen molar-refractivity contribution in [1.82, 2.24) is 0 Å². The molecule has 0 spiro atoms. The fourth-order valence-corrected chi connectivity index (χ4v) is 1.45. The zero-order chi connectivity index (χ0) is 13.9. The Balaban J connectivity index is 2.65. The van der Waals surface area contributed by atoms with Gasteiger partial charge in [-0.05, 0) is 23.5 Å². The van der Waals surface area contributed by atoms with Gasteiger partial charge >= 0.3 is 0 Å². The Hall–Kier alpha value is -1.71. The topological polar surface area (TPSA) is 75.3 Å². The number of carbonyl (C=O) groups excluding carboxylic acids is 1. The maximum atomic E-state index is 11.9. The van der Waals surface area contributed by atoms with E-state index in [4.69, 9.17) is 5.73 Å². The summed E-state index contributed by atoms with van der Waals surface area (Å²) in [6.07, 6.45) is 0.448. The van der Waals surface area contributed by atoms with Crippen molar-refractivity contribution in [2.75, 3.05) is 11.1 Å². The molecule has 0 saturated carbocycles. The molecule has 18 heavy (non-hydrogen) atoms. The second-order valence-corrected chi connectivity index (χ2v) is 5.79. The average molecular weight is 250 g/mol. The maximum absolute atomic E-state index is 11.9. The minimum absolute atomic E-state index is 0.0604. The minimum Gasteiger partial charge on any atom is -0.508 e. The van der Waals surface area contributed by atoms with Gasteiger partial charge in [-0.3, -0.25) is 4.79 Å². The summed E-state index contributed by atoms with van der Waals surface area (Å²) < 4.78 is 0. The van der Waals surface area contributed by atoms with Crippen molar-refractivity contribution in [1.29, 1.82) is 0 Å². The Morgan fingerprint density at radius 1 is 1.44 bits per heavy atom. The van der Waals surface area contributed by atoms with Crippen LogP contribution >= 0.6 is 0 Å². The molecular formula is C14H22N2O2. The lowest BCUT2D eigenvalue weighted by Gasteiger charge is -2.26. The molecule has 100 valence electrons. The second-order valence-electron chi connectivity index (χ2n) is 5.79. The number of rotatable bonds is 3. The van der Waals surface area contributed by atoms with Gasteiger partial charge in [-0.1, -0.05) is 27.7 Å². The molecule has 1 aromatic rings. The van der Waals surface area contributed by atoms with Crippen molar-refractivity contribution in [3.05, 3.63) is 18.2 Å². The van der Waals surface area contributed by atoms with Crippen LogP contribution in [0.25, 0.3) is 0 Å². The molecule has 0 fully saturated rings. The molecule has 0 bridgehead atoms. The van der Waals surface area contributed by atoms with Crippen LogP contribution in [0.15, 0.2) is 18.2 Å². The molecule has 4 N–H and O–H groups in total. The molecule has 4 heteroatoms. The van der Waals surface area contributed by atoms with E-state index >= 15 is 0 Å². The number of phenolic OH excluding ortho intramolecular Hbond substituents is 1. The number of amides is 1. The lowest BCUT2D eigenvalue weighted by molar-refractivity contribution is -0.117. The average Bonchev–Trinajstić information content (AvgIpc) is 2.20. The van der Waals surface area contributed by atoms with Crippen molar-refractivity contribution in [2.45, 2.75) is 34.1 Å². The van der Waals surface area contributed by atoms with Gasteiger partial charge in [0, 0.05) is 12.5 Å². The zero-order valence-electron chi connectivity index (χ0n) is 11.4. The molecule has 1 aromatic carbocycles. The van der Waals surface area contributed by atoms with Gasteiger partial charge in [0.2, 0.25) is 5.91 Å². The van der Waals surface area contributed by atoms with Gasteiger partial charge in [-0.25, -0.2) is 0 Å². The lowest BCUT2D eigenvalue weighted by atomic mass is 9.80. The third kappa shape index (κ3) is 3.95. The summed E-state index contributed by atoms with van der Waals surface area (Å²) in [5.74, 6) is 0.305. The van der Waals surface area contributed by atoms with Gasteiger partial charge in [0.15, 0.2) is 0 Å². The zero-order valence-corrected chi connectivity index (χ0v) is 11.4. The first kappa shape index (κ1) is 14.4. The number of phenols is 1. The highest BCUT2D eigenvalue weighted by atomic mass is 16.3. The first-order chi connectivity index (χ1) is 8.20. The molecule has 4 nitrogen and oxygen atoms in total. The summed E-state index contributed by atoms with van der Waals surface area (Å²) in [6, 6.07) is 4.52. The summed E-state index contributed by atoms with van der Waals surface area (Å²) in [6.45, 7) is 8.39. The summed E-state index contributed by atoms with van der Waals surface area (Å²) >= 11 is 0. The van der Waals surface area contributed by atoms with Crippen LogP contribution < -0.4 is 11.1 Å². The van der Waals surface area contributed by atoms with Gasteiger partial charge in [0.25, 0.3) is 0 Å². The number of benzene rings is 1. The maximum Gasteiger partial charge on any atom is 0.224 e.